The average molecular weight is 573 g/mol. The van der Waals surface area contributed by atoms with Gasteiger partial charge in [0.25, 0.3) is 0 Å². The van der Waals surface area contributed by atoms with Gasteiger partial charge in [0.2, 0.25) is 11.3 Å². The minimum absolute atomic E-state index is 0.0199. The van der Waals surface area contributed by atoms with Crippen LogP contribution >= 0.6 is 11.6 Å². The third kappa shape index (κ3) is 5.08. The number of carboxylic acid groups (broad SMARTS) is 1. The van der Waals surface area contributed by atoms with Gasteiger partial charge in [-0.1, -0.05) is 18.0 Å². The second-order valence-electron chi connectivity index (χ2n) is 10.1. The second-order valence-corrected chi connectivity index (χ2v) is 10.5. The third-order valence-electron chi connectivity index (χ3n) is 7.28. The first-order chi connectivity index (χ1) is 19.1. The van der Waals surface area contributed by atoms with E-state index in [0.717, 1.165) is 48.9 Å². The first-order valence-corrected chi connectivity index (χ1v) is 13.2. The zero-order valence-corrected chi connectivity index (χ0v) is 22.3. The number of nitro groups is 1. The van der Waals surface area contributed by atoms with Crippen molar-refractivity contribution < 1.29 is 24.0 Å². The Morgan fingerprint density at radius 3 is 2.75 bits per heavy atom. The van der Waals surface area contributed by atoms with Crippen molar-refractivity contribution in [1.82, 2.24) is 14.1 Å². The minimum atomic E-state index is -1.38. The van der Waals surface area contributed by atoms with Gasteiger partial charge in [-0.3, -0.25) is 9.79 Å². The summed E-state index contributed by atoms with van der Waals surface area (Å²) in [5, 5.41) is 20.7. The zero-order chi connectivity index (χ0) is 28.7. The highest BCUT2D eigenvalue weighted by molar-refractivity contribution is 6.38. The minimum Gasteiger partial charge on any atom is -0.477 e. The van der Waals surface area contributed by atoms with Crippen molar-refractivity contribution in [1.29, 1.82) is 0 Å². The van der Waals surface area contributed by atoms with Gasteiger partial charge in [0.15, 0.2) is 0 Å². The molecule has 1 atom stereocenters. The van der Waals surface area contributed by atoms with Crippen LogP contribution in [0.25, 0.3) is 10.9 Å². The molecule has 1 unspecified atom stereocenters. The Morgan fingerprint density at radius 2 is 2.08 bits per heavy atom. The molecule has 1 saturated carbocycles. The van der Waals surface area contributed by atoms with Crippen LogP contribution in [-0.4, -0.2) is 61.9 Å². The fraction of sp³-hybridized carbons (Fsp3) is 0.423. The summed E-state index contributed by atoms with van der Waals surface area (Å²) < 4.78 is 18.2. The largest absolute Gasteiger partial charge is 0.477 e. The SMILES string of the molecule is Cc1ncc([N+](=O)[O-])n1C(=O)CN=CC1CCCCN(c2c(F)cc3c(=O)c(C(=O)O)cn(C4CC4)c3c2Cl)C1. The van der Waals surface area contributed by atoms with Crippen LogP contribution in [0.5, 0.6) is 0 Å². The lowest BCUT2D eigenvalue weighted by molar-refractivity contribution is -0.390. The lowest BCUT2D eigenvalue weighted by Crippen LogP contribution is -2.30. The number of carbonyl (C=O) groups excluding carboxylic acids is 1. The van der Waals surface area contributed by atoms with Gasteiger partial charge in [-0.15, -0.1) is 4.57 Å². The van der Waals surface area contributed by atoms with E-state index in [9.17, 15) is 29.6 Å². The first kappa shape index (κ1) is 27.4. The van der Waals surface area contributed by atoms with E-state index in [4.69, 9.17) is 11.6 Å². The summed E-state index contributed by atoms with van der Waals surface area (Å²) in [7, 11) is 0. The average Bonchev–Trinajstić information content (AvgIpc) is 3.69. The maximum absolute atomic E-state index is 15.6. The molecule has 1 aliphatic carbocycles. The lowest BCUT2D eigenvalue weighted by atomic mass is 10.0. The number of aliphatic imine (C=N–C) groups is 1. The van der Waals surface area contributed by atoms with Crippen molar-refractivity contribution in [3.05, 3.63) is 61.0 Å². The monoisotopic (exact) mass is 572 g/mol. The lowest BCUT2D eigenvalue weighted by Gasteiger charge is -2.27. The standard InChI is InChI=1S/C26H26ClFN6O6/c1-14-30-10-20(34(39)40)33(14)21(35)11-29-9-15-4-2-3-7-31(12-15)24-19(28)8-17-23(22(24)27)32(16-5-6-16)13-18(25(17)36)26(37)38/h8-10,13,15-16H,2-7,11-12H2,1H3,(H,37,38). The molecule has 0 radical (unpaired) electrons. The van der Waals surface area contributed by atoms with E-state index in [0.29, 0.717) is 18.6 Å². The van der Waals surface area contributed by atoms with Crippen molar-refractivity contribution in [2.75, 3.05) is 24.5 Å². The molecule has 2 aliphatic rings. The molecule has 3 heterocycles. The van der Waals surface area contributed by atoms with E-state index in [1.807, 2.05) is 0 Å². The molecule has 0 amide bonds. The highest BCUT2D eigenvalue weighted by Crippen LogP contribution is 2.42. The summed E-state index contributed by atoms with van der Waals surface area (Å²) in [4.78, 5) is 57.5. The van der Waals surface area contributed by atoms with Crippen molar-refractivity contribution >= 4 is 52.1 Å². The molecule has 14 heteroatoms. The van der Waals surface area contributed by atoms with Crippen LogP contribution < -0.4 is 10.3 Å². The number of fused-ring (bicyclic) bond motifs is 1. The van der Waals surface area contributed by atoms with Gasteiger partial charge in [-0.2, -0.15) is 0 Å². The summed E-state index contributed by atoms with van der Waals surface area (Å²) in [6, 6.07) is 1.05. The number of carbonyl (C=O) groups is 2. The Hall–Kier alpha value is -4.13. The topological polar surface area (TPSA) is 153 Å². The normalized spacial score (nSPS) is 17.9. The Morgan fingerprint density at radius 1 is 1.32 bits per heavy atom. The maximum atomic E-state index is 15.6. The molecule has 3 aromatic rings. The number of halogens is 2. The van der Waals surface area contributed by atoms with Crippen LogP contribution in [0, 0.1) is 28.8 Å². The molecule has 40 heavy (non-hydrogen) atoms. The van der Waals surface area contributed by atoms with Gasteiger partial charge in [-0.25, -0.2) is 19.0 Å². The third-order valence-corrected chi connectivity index (χ3v) is 7.64. The zero-order valence-electron chi connectivity index (χ0n) is 21.5. The quantitative estimate of drug-likeness (QED) is 0.250. The second kappa shape index (κ2) is 10.8. The summed E-state index contributed by atoms with van der Waals surface area (Å²) in [5.74, 6) is -3.11. The number of carboxylic acids is 1. The van der Waals surface area contributed by atoms with Gasteiger partial charge in [0.1, 0.15) is 24.1 Å². The Bertz CT molecular complexity index is 1630. The van der Waals surface area contributed by atoms with Gasteiger partial charge in [0.05, 0.1) is 21.6 Å². The number of aromatic carboxylic acids is 1. The molecule has 12 nitrogen and oxygen atoms in total. The molecular weight excluding hydrogens is 547 g/mol. The number of aryl methyl sites for hydroxylation is 1. The molecule has 1 saturated heterocycles. The van der Waals surface area contributed by atoms with E-state index in [1.54, 1.807) is 15.7 Å². The number of imidazole rings is 1. The first-order valence-electron chi connectivity index (χ1n) is 12.9. The fourth-order valence-corrected chi connectivity index (χ4v) is 5.64. The number of hydrogen-bond acceptors (Lipinski definition) is 8. The predicted octanol–water partition coefficient (Wildman–Crippen LogP) is 4.26. The summed E-state index contributed by atoms with van der Waals surface area (Å²) >= 11 is 6.79. The Kier molecular flexibility index (Phi) is 7.41. The highest BCUT2D eigenvalue weighted by Gasteiger charge is 2.31. The number of benzene rings is 1. The summed E-state index contributed by atoms with van der Waals surface area (Å²) in [5.41, 5.74) is -0.773. The Labute approximate surface area is 231 Å². The number of hydrogen-bond donors (Lipinski definition) is 1. The smallest absolute Gasteiger partial charge is 0.350 e. The van der Waals surface area contributed by atoms with Crippen molar-refractivity contribution in [2.45, 2.75) is 45.1 Å². The van der Waals surface area contributed by atoms with Crippen molar-refractivity contribution in [2.24, 2.45) is 10.9 Å². The van der Waals surface area contributed by atoms with Crippen LogP contribution in [0.1, 0.15) is 59.1 Å². The van der Waals surface area contributed by atoms with Gasteiger partial charge < -0.3 is 24.7 Å². The van der Waals surface area contributed by atoms with Crippen molar-refractivity contribution in [3.8, 4) is 0 Å². The number of anilines is 1. The van der Waals surface area contributed by atoms with Crippen LogP contribution in [0.2, 0.25) is 5.02 Å². The molecule has 5 rings (SSSR count). The van der Waals surface area contributed by atoms with E-state index >= 15 is 4.39 Å². The number of aromatic nitrogens is 3. The number of pyridine rings is 1. The van der Waals surface area contributed by atoms with Gasteiger partial charge in [0, 0.05) is 44.4 Å². The highest BCUT2D eigenvalue weighted by atomic mass is 35.5. The molecule has 1 N–H and O–H groups in total. The number of nitrogens with zero attached hydrogens (tertiary/aromatic N) is 6. The van der Waals surface area contributed by atoms with Gasteiger partial charge in [-0.05, 0) is 36.7 Å². The summed E-state index contributed by atoms with van der Waals surface area (Å²) in [6.07, 6.45) is 7.79. The molecule has 0 spiro atoms. The molecule has 1 aliphatic heterocycles. The van der Waals surface area contributed by atoms with Crippen molar-refractivity contribution in [3.63, 3.8) is 0 Å². The molecule has 1 aromatic carbocycles. The van der Waals surface area contributed by atoms with Crippen LogP contribution in [-0.2, 0) is 0 Å². The molecular formula is C26H26ClFN6O6. The van der Waals surface area contributed by atoms with E-state index in [1.165, 1.54) is 13.1 Å². The molecule has 0 bridgehead atoms. The molecule has 2 aromatic heterocycles. The Balaban J connectivity index is 1.43. The van der Waals surface area contributed by atoms with E-state index in [2.05, 4.69) is 9.98 Å². The van der Waals surface area contributed by atoms with Crippen LogP contribution in [0.4, 0.5) is 15.9 Å². The van der Waals surface area contributed by atoms with E-state index in [-0.39, 0.29) is 40.4 Å². The molecule has 2 fully saturated rings. The fourth-order valence-electron chi connectivity index (χ4n) is 5.23. The van der Waals surface area contributed by atoms with Crippen LogP contribution in [0.3, 0.4) is 0 Å². The predicted molar refractivity (Wildman–Crippen MR) is 146 cm³/mol. The van der Waals surface area contributed by atoms with Crippen LogP contribution in [0.15, 0.2) is 28.2 Å². The van der Waals surface area contributed by atoms with Gasteiger partial charge >= 0.3 is 17.7 Å². The maximum Gasteiger partial charge on any atom is 0.350 e. The molecule has 210 valence electrons. The number of rotatable bonds is 7. The van der Waals surface area contributed by atoms with E-state index < -0.39 is 39.4 Å². The summed E-state index contributed by atoms with van der Waals surface area (Å²) in [6.45, 7) is 2.00.